The Bertz CT molecular complexity index is 1620. The molecule has 268 valence electrons. The number of aliphatic hydroxyl groups excluding tert-OH is 1. The van der Waals surface area contributed by atoms with Crippen LogP contribution in [-0.2, 0) is 37.0 Å². The van der Waals surface area contributed by atoms with Crippen LogP contribution >= 0.6 is 0 Å². The molecule has 6 rings (SSSR count). The third-order valence-corrected chi connectivity index (χ3v) is 9.86. The highest BCUT2D eigenvalue weighted by Crippen LogP contribution is 2.39. The molecule has 3 aliphatic heterocycles. The van der Waals surface area contributed by atoms with Crippen LogP contribution in [-0.4, -0.2) is 84.4 Å². The summed E-state index contributed by atoms with van der Waals surface area (Å²) in [5.41, 5.74) is 5.27. The standard InChI is InChI=1S/C38H44F3N3O6/c1-48-24-31-10-4-16-43(31)22-32-20-34(27-14-12-25(23-45)13-15-27)50-36(49-32)30-9-3-8-29(19-30)28-7-2-6-26(18-28)21-42-35(46)33-11-5-17-44(33)37(47)38(39,40)41/h2-3,6-9,12-15,18-19,31-34,36,45H,4-5,10-11,16-17,20-24H2,1H3,(H,42,46). The lowest BCUT2D eigenvalue weighted by Crippen LogP contribution is -2.50. The Hall–Kier alpha value is -3.81. The largest absolute Gasteiger partial charge is 0.471 e. The average molecular weight is 696 g/mol. The lowest BCUT2D eigenvalue weighted by molar-refractivity contribution is -0.253. The molecule has 3 heterocycles. The van der Waals surface area contributed by atoms with Crippen LogP contribution < -0.4 is 5.32 Å². The average Bonchev–Trinajstić information content (AvgIpc) is 3.80. The number of nitrogens with zero attached hydrogens (tertiary/aromatic N) is 2. The Morgan fingerprint density at radius 1 is 0.920 bits per heavy atom. The SMILES string of the molecule is COCC1CCCN1CC1CC(c2ccc(CO)cc2)OC(c2cccc(-c3cccc(CNC(=O)C4CCCN4C(=O)C(F)(F)F)c3)c2)O1. The molecule has 3 aromatic rings. The maximum atomic E-state index is 13.1. The first kappa shape index (κ1) is 36.0. The number of nitrogens with one attached hydrogen (secondary N) is 1. The van der Waals surface area contributed by atoms with Crippen LogP contribution in [0.2, 0.25) is 0 Å². The number of benzene rings is 3. The molecule has 3 aliphatic rings. The second-order valence-corrected chi connectivity index (χ2v) is 13.3. The number of aliphatic hydroxyl groups is 1. The predicted molar refractivity (Wildman–Crippen MR) is 179 cm³/mol. The van der Waals surface area contributed by atoms with Gasteiger partial charge in [-0.1, -0.05) is 60.7 Å². The highest BCUT2D eigenvalue weighted by molar-refractivity contribution is 5.90. The first-order chi connectivity index (χ1) is 24.1. The van der Waals surface area contributed by atoms with Crippen LogP contribution in [0.3, 0.4) is 0 Å². The van der Waals surface area contributed by atoms with E-state index in [0.29, 0.717) is 30.4 Å². The van der Waals surface area contributed by atoms with E-state index in [9.17, 15) is 27.9 Å². The van der Waals surface area contributed by atoms with Gasteiger partial charge in [-0.05, 0) is 72.2 Å². The van der Waals surface area contributed by atoms with E-state index in [4.69, 9.17) is 14.2 Å². The summed E-state index contributed by atoms with van der Waals surface area (Å²) in [6.07, 6.45) is -2.54. The molecule has 0 radical (unpaired) electrons. The van der Waals surface area contributed by atoms with E-state index >= 15 is 0 Å². The number of halogens is 3. The Labute approximate surface area is 290 Å². The first-order valence-corrected chi connectivity index (χ1v) is 17.2. The van der Waals surface area contributed by atoms with Gasteiger partial charge in [0.15, 0.2) is 6.29 Å². The van der Waals surface area contributed by atoms with Gasteiger partial charge in [-0.25, -0.2) is 0 Å². The number of amides is 2. The Morgan fingerprint density at radius 2 is 1.66 bits per heavy atom. The molecule has 0 saturated carbocycles. The zero-order chi connectivity index (χ0) is 35.3. The number of hydrogen-bond donors (Lipinski definition) is 2. The summed E-state index contributed by atoms with van der Waals surface area (Å²) >= 11 is 0. The Morgan fingerprint density at radius 3 is 2.40 bits per heavy atom. The number of likely N-dealkylation sites (tertiary alicyclic amines) is 2. The summed E-state index contributed by atoms with van der Waals surface area (Å²) in [5.74, 6) is -2.58. The molecule has 2 amide bonds. The van der Waals surface area contributed by atoms with Gasteiger partial charge in [-0.2, -0.15) is 13.2 Å². The monoisotopic (exact) mass is 695 g/mol. The fourth-order valence-electron chi connectivity index (χ4n) is 7.29. The fraction of sp³-hybridized carbons (Fsp3) is 0.474. The van der Waals surface area contributed by atoms with E-state index in [0.717, 1.165) is 59.3 Å². The van der Waals surface area contributed by atoms with Crippen molar-refractivity contribution in [2.45, 2.75) is 82.0 Å². The van der Waals surface area contributed by atoms with Crippen molar-refractivity contribution < 1.29 is 42.1 Å². The molecule has 0 aliphatic carbocycles. The molecule has 9 nitrogen and oxygen atoms in total. The number of carbonyl (C=O) groups excluding carboxylic acids is 2. The van der Waals surface area contributed by atoms with Gasteiger partial charge in [0.25, 0.3) is 0 Å². The van der Waals surface area contributed by atoms with Crippen LogP contribution in [0, 0.1) is 0 Å². The quantitative estimate of drug-likeness (QED) is 0.267. The molecule has 50 heavy (non-hydrogen) atoms. The smallest absolute Gasteiger partial charge is 0.392 e. The van der Waals surface area contributed by atoms with Crippen LogP contribution in [0.25, 0.3) is 11.1 Å². The maximum absolute atomic E-state index is 13.1. The second-order valence-electron chi connectivity index (χ2n) is 13.3. The molecular formula is C38H44F3N3O6. The molecule has 0 bridgehead atoms. The van der Waals surface area contributed by atoms with Crippen LogP contribution in [0.4, 0.5) is 13.2 Å². The fourth-order valence-corrected chi connectivity index (χ4v) is 7.29. The molecule has 2 N–H and O–H groups in total. The molecule has 3 aromatic carbocycles. The lowest BCUT2D eigenvalue weighted by atomic mass is 9.98. The van der Waals surface area contributed by atoms with E-state index in [1.54, 1.807) is 7.11 Å². The van der Waals surface area contributed by atoms with Gasteiger partial charge in [-0.3, -0.25) is 14.5 Å². The zero-order valence-electron chi connectivity index (χ0n) is 28.1. The normalized spacial score (nSPS) is 24.4. The molecule has 3 fully saturated rings. The minimum Gasteiger partial charge on any atom is -0.392 e. The summed E-state index contributed by atoms with van der Waals surface area (Å²) in [6.45, 7) is 2.41. The van der Waals surface area contributed by atoms with E-state index in [1.807, 2.05) is 72.8 Å². The lowest BCUT2D eigenvalue weighted by Gasteiger charge is -2.39. The van der Waals surface area contributed by atoms with E-state index < -0.39 is 30.3 Å². The predicted octanol–water partition coefficient (Wildman–Crippen LogP) is 5.67. The van der Waals surface area contributed by atoms with Gasteiger partial charge in [0.2, 0.25) is 5.91 Å². The van der Waals surface area contributed by atoms with Crippen molar-refractivity contribution in [3.05, 3.63) is 95.1 Å². The zero-order valence-corrected chi connectivity index (χ0v) is 28.1. The molecule has 5 unspecified atom stereocenters. The van der Waals surface area contributed by atoms with Gasteiger partial charge in [0, 0.05) is 44.8 Å². The summed E-state index contributed by atoms with van der Waals surface area (Å²) in [4.78, 5) is 27.8. The summed E-state index contributed by atoms with van der Waals surface area (Å²) in [6, 6.07) is 22.5. The van der Waals surface area contributed by atoms with Crippen molar-refractivity contribution in [1.29, 1.82) is 0 Å². The third kappa shape index (κ3) is 8.55. The molecule has 0 aromatic heterocycles. The number of alkyl halides is 3. The van der Waals surface area contributed by atoms with E-state index in [-0.39, 0.29) is 38.3 Å². The minimum absolute atomic E-state index is 0.0293. The number of carbonyl (C=O) groups is 2. The van der Waals surface area contributed by atoms with Gasteiger partial charge in [0.1, 0.15) is 6.04 Å². The van der Waals surface area contributed by atoms with Crippen molar-refractivity contribution in [1.82, 2.24) is 15.1 Å². The second kappa shape index (κ2) is 16.0. The van der Waals surface area contributed by atoms with Gasteiger partial charge >= 0.3 is 12.1 Å². The first-order valence-electron chi connectivity index (χ1n) is 17.2. The van der Waals surface area contributed by atoms with Crippen molar-refractivity contribution in [3.8, 4) is 11.1 Å². The number of methoxy groups -OCH3 is 1. The highest BCUT2D eigenvalue weighted by atomic mass is 19.4. The van der Waals surface area contributed by atoms with Crippen LogP contribution in [0.1, 0.15) is 66.8 Å². The van der Waals surface area contributed by atoms with Gasteiger partial charge in [0.05, 0.1) is 25.4 Å². The Kier molecular flexibility index (Phi) is 11.5. The molecule has 12 heteroatoms. The minimum atomic E-state index is -5.02. The number of ether oxygens (including phenoxy) is 3. The number of rotatable bonds is 11. The summed E-state index contributed by atoms with van der Waals surface area (Å²) in [7, 11) is 1.73. The van der Waals surface area contributed by atoms with E-state index in [1.165, 1.54) is 0 Å². The summed E-state index contributed by atoms with van der Waals surface area (Å²) in [5, 5.41) is 12.3. The summed E-state index contributed by atoms with van der Waals surface area (Å²) < 4.78 is 57.9. The van der Waals surface area contributed by atoms with Gasteiger partial charge in [-0.15, -0.1) is 0 Å². The van der Waals surface area contributed by atoms with Crippen LogP contribution in [0.15, 0.2) is 72.8 Å². The van der Waals surface area contributed by atoms with Crippen molar-refractivity contribution >= 4 is 11.8 Å². The molecule has 3 saturated heterocycles. The topological polar surface area (TPSA) is 101 Å². The molecule has 5 atom stereocenters. The maximum Gasteiger partial charge on any atom is 0.471 e. The van der Waals surface area contributed by atoms with E-state index in [2.05, 4.69) is 10.2 Å². The Balaban J connectivity index is 1.17. The highest BCUT2D eigenvalue weighted by Gasteiger charge is 2.47. The van der Waals surface area contributed by atoms with Crippen LogP contribution in [0.5, 0.6) is 0 Å². The van der Waals surface area contributed by atoms with Gasteiger partial charge < -0.3 is 29.5 Å². The molecular weight excluding hydrogens is 651 g/mol. The molecule has 0 spiro atoms. The van der Waals surface area contributed by atoms with Crippen molar-refractivity contribution in [3.63, 3.8) is 0 Å². The van der Waals surface area contributed by atoms with Crippen molar-refractivity contribution in [2.24, 2.45) is 0 Å². The van der Waals surface area contributed by atoms with Crippen molar-refractivity contribution in [2.75, 3.05) is 33.4 Å². The third-order valence-electron chi connectivity index (χ3n) is 9.86. The number of hydrogen-bond acceptors (Lipinski definition) is 7.